The van der Waals surface area contributed by atoms with Gasteiger partial charge in [0.2, 0.25) is 0 Å². The van der Waals surface area contributed by atoms with Crippen LogP contribution in [0.3, 0.4) is 0 Å². The van der Waals surface area contributed by atoms with Crippen molar-refractivity contribution in [3.8, 4) is 0 Å². The fourth-order valence-electron chi connectivity index (χ4n) is 2.56. The molecule has 4 nitrogen and oxygen atoms in total. The highest BCUT2D eigenvalue weighted by atomic mass is 19.1. The fraction of sp³-hybridized carbons (Fsp3) is 0.611. The largest absolute Gasteiger partial charge is 0.396 e. The van der Waals surface area contributed by atoms with E-state index in [1.807, 2.05) is 6.92 Å². The topological polar surface area (TPSA) is 56.7 Å². The first-order chi connectivity index (χ1) is 11.6. The number of guanidine groups is 1. The van der Waals surface area contributed by atoms with E-state index < -0.39 is 11.6 Å². The lowest BCUT2D eigenvalue weighted by Crippen LogP contribution is -2.38. The number of hydrogen-bond acceptors (Lipinski definition) is 2. The number of aliphatic hydroxyl groups is 1. The summed E-state index contributed by atoms with van der Waals surface area (Å²) in [4.78, 5) is 4.52. The minimum Gasteiger partial charge on any atom is -0.396 e. The van der Waals surface area contributed by atoms with Gasteiger partial charge in [-0.15, -0.1) is 0 Å². The first-order valence-electron chi connectivity index (χ1n) is 8.68. The molecule has 136 valence electrons. The lowest BCUT2D eigenvalue weighted by atomic mass is 10.0. The molecule has 3 N–H and O–H groups in total. The third-order valence-electron chi connectivity index (χ3n) is 3.82. The van der Waals surface area contributed by atoms with E-state index >= 15 is 0 Å². The lowest BCUT2D eigenvalue weighted by Gasteiger charge is -2.15. The van der Waals surface area contributed by atoms with Gasteiger partial charge >= 0.3 is 0 Å². The lowest BCUT2D eigenvalue weighted by molar-refractivity contribution is 0.253. The SMILES string of the molecule is CCCC(CCO)CN=C(NCC)NCCc1c(F)cccc1F. The second-order valence-electron chi connectivity index (χ2n) is 5.76. The van der Waals surface area contributed by atoms with Gasteiger partial charge in [0.25, 0.3) is 0 Å². The van der Waals surface area contributed by atoms with Gasteiger partial charge < -0.3 is 15.7 Å². The van der Waals surface area contributed by atoms with E-state index in [1.165, 1.54) is 18.2 Å². The highest BCUT2D eigenvalue weighted by Crippen LogP contribution is 2.12. The van der Waals surface area contributed by atoms with Crippen LogP contribution in [0.2, 0.25) is 0 Å². The molecule has 0 aliphatic heterocycles. The molecule has 0 saturated carbocycles. The second kappa shape index (κ2) is 11.8. The summed E-state index contributed by atoms with van der Waals surface area (Å²) in [5.41, 5.74) is 0.0880. The molecule has 0 aliphatic carbocycles. The van der Waals surface area contributed by atoms with Crippen molar-refractivity contribution in [2.75, 3.05) is 26.2 Å². The van der Waals surface area contributed by atoms with Crippen molar-refractivity contribution in [2.45, 2.75) is 39.5 Å². The normalized spacial score (nSPS) is 13.0. The van der Waals surface area contributed by atoms with Gasteiger partial charge in [-0.1, -0.05) is 19.4 Å². The Morgan fingerprint density at radius 1 is 1.17 bits per heavy atom. The van der Waals surface area contributed by atoms with Gasteiger partial charge in [-0.25, -0.2) is 8.78 Å². The quantitative estimate of drug-likeness (QED) is 0.453. The monoisotopic (exact) mass is 341 g/mol. The van der Waals surface area contributed by atoms with Crippen molar-refractivity contribution in [1.82, 2.24) is 10.6 Å². The third-order valence-corrected chi connectivity index (χ3v) is 3.82. The van der Waals surface area contributed by atoms with Crippen LogP contribution in [-0.4, -0.2) is 37.3 Å². The number of nitrogens with zero attached hydrogens (tertiary/aromatic N) is 1. The number of nitrogens with one attached hydrogen (secondary N) is 2. The van der Waals surface area contributed by atoms with E-state index in [0.29, 0.717) is 31.5 Å². The van der Waals surface area contributed by atoms with Gasteiger partial charge in [-0.3, -0.25) is 4.99 Å². The highest BCUT2D eigenvalue weighted by molar-refractivity contribution is 5.79. The predicted octanol–water partition coefficient (Wildman–Crippen LogP) is 2.86. The smallest absolute Gasteiger partial charge is 0.191 e. The fourth-order valence-corrected chi connectivity index (χ4v) is 2.56. The summed E-state index contributed by atoms with van der Waals surface area (Å²) in [5, 5.41) is 15.3. The van der Waals surface area contributed by atoms with Crippen LogP contribution in [0.15, 0.2) is 23.2 Å². The highest BCUT2D eigenvalue weighted by Gasteiger charge is 2.09. The minimum absolute atomic E-state index is 0.0880. The molecule has 0 saturated heterocycles. The third kappa shape index (κ3) is 7.25. The van der Waals surface area contributed by atoms with Crippen LogP contribution in [0.1, 0.15) is 38.7 Å². The summed E-state index contributed by atoms with van der Waals surface area (Å²) in [7, 11) is 0. The van der Waals surface area contributed by atoms with Crippen LogP contribution in [0.5, 0.6) is 0 Å². The van der Waals surface area contributed by atoms with E-state index in [-0.39, 0.29) is 18.6 Å². The Labute approximate surface area is 143 Å². The molecule has 0 aliphatic rings. The Morgan fingerprint density at radius 3 is 2.46 bits per heavy atom. The van der Waals surface area contributed by atoms with Crippen molar-refractivity contribution in [3.05, 3.63) is 35.4 Å². The zero-order valence-corrected chi connectivity index (χ0v) is 14.6. The molecule has 6 heteroatoms. The summed E-state index contributed by atoms with van der Waals surface area (Å²) in [5.74, 6) is -0.0675. The molecule has 1 unspecified atom stereocenters. The maximum atomic E-state index is 13.6. The summed E-state index contributed by atoms with van der Waals surface area (Å²) in [6.45, 7) is 5.96. The number of hydrogen-bond donors (Lipinski definition) is 3. The average molecular weight is 341 g/mol. The van der Waals surface area contributed by atoms with Gasteiger partial charge in [0.1, 0.15) is 11.6 Å². The van der Waals surface area contributed by atoms with Crippen molar-refractivity contribution in [1.29, 1.82) is 0 Å². The molecule has 0 spiro atoms. The number of halogens is 2. The summed E-state index contributed by atoms with van der Waals surface area (Å²) in [6, 6.07) is 3.89. The molecule has 0 aromatic heterocycles. The van der Waals surface area contributed by atoms with Crippen molar-refractivity contribution in [2.24, 2.45) is 10.9 Å². The Morgan fingerprint density at radius 2 is 1.88 bits per heavy atom. The molecule has 1 atom stereocenters. The minimum atomic E-state index is -0.523. The number of benzene rings is 1. The Bertz CT molecular complexity index is 483. The number of aliphatic hydroxyl groups excluding tert-OH is 1. The van der Waals surface area contributed by atoms with Gasteiger partial charge in [-0.2, -0.15) is 0 Å². The molecule has 24 heavy (non-hydrogen) atoms. The van der Waals surface area contributed by atoms with Crippen LogP contribution in [0.4, 0.5) is 8.78 Å². The Kier molecular flexibility index (Phi) is 10.00. The summed E-state index contributed by atoms with van der Waals surface area (Å²) >= 11 is 0. The van der Waals surface area contributed by atoms with E-state index in [9.17, 15) is 8.78 Å². The average Bonchev–Trinajstić information content (AvgIpc) is 2.55. The maximum absolute atomic E-state index is 13.6. The molecule has 1 rings (SSSR count). The van der Waals surface area contributed by atoms with Crippen molar-refractivity contribution in [3.63, 3.8) is 0 Å². The van der Waals surface area contributed by atoms with E-state index in [0.717, 1.165) is 19.3 Å². The van der Waals surface area contributed by atoms with Gasteiger partial charge in [0.05, 0.1) is 0 Å². The summed E-state index contributed by atoms with van der Waals surface area (Å²) in [6.07, 6.45) is 3.05. The second-order valence-corrected chi connectivity index (χ2v) is 5.76. The summed E-state index contributed by atoms with van der Waals surface area (Å²) < 4.78 is 27.2. The molecular formula is C18H29F2N3O. The van der Waals surface area contributed by atoms with Crippen LogP contribution >= 0.6 is 0 Å². The standard InChI is InChI=1S/C18H29F2N3O/c1-3-6-14(10-12-24)13-23-18(21-4-2)22-11-9-15-16(19)7-5-8-17(15)20/h5,7-8,14,24H,3-4,6,9-13H2,1-2H3,(H2,21,22,23). The predicted molar refractivity (Wildman–Crippen MR) is 94.1 cm³/mol. The first-order valence-corrected chi connectivity index (χ1v) is 8.68. The van der Waals surface area contributed by atoms with Crippen LogP contribution in [0, 0.1) is 17.6 Å². The Hall–Kier alpha value is -1.69. The van der Waals surface area contributed by atoms with Crippen LogP contribution in [-0.2, 0) is 6.42 Å². The van der Waals surface area contributed by atoms with E-state index in [1.54, 1.807) is 0 Å². The molecule has 1 aromatic rings. The Balaban J connectivity index is 2.57. The molecule has 0 amide bonds. The molecular weight excluding hydrogens is 312 g/mol. The van der Waals surface area contributed by atoms with Gasteiger partial charge in [-0.05, 0) is 44.2 Å². The van der Waals surface area contributed by atoms with Gasteiger partial charge in [0.15, 0.2) is 5.96 Å². The van der Waals surface area contributed by atoms with E-state index in [2.05, 4.69) is 22.5 Å². The van der Waals surface area contributed by atoms with Crippen molar-refractivity contribution >= 4 is 5.96 Å². The zero-order valence-electron chi connectivity index (χ0n) is 14.6. The molecule has 0 bridgehead atoms. The van der Waals surface area contributed by atoms with Crippen molar-refractivity contribution < 1.29 is 13.9 Å². The molecule has 1 aromatic carbocycles. The first kappa shape index (κ1) is 20.4. The van der Waals surface area contributed by atoms with Gasteiger partial charge in [0, 0.05) is 31.8 Å². The number of aliphatic imine (C=N–C) groups is 1. The van der Waals surface area contributed by atoms with E-state index in [4.69, 9.17) is 5.11 Å². The van der Waals surface area contributed by atoms with Crippen LogP contribution in [0.25, 0.3) is 0 Å². The van der Waals surface area contributed by atoms with Crippen LogP contribution < -0.4 is 10.6 Å². The molecule has 0 heterocycles. The maximum Gasteiger partial charge on any atom is 0.191 e. The number of rotatable bonds is 10. The zero-order chi connectivity index (χ0) is 17.8. The molecule has 0 fully saturated rings. The molecule has 0 radical (unpaired) electrons.